The quantitative estimate of drug-likeness (QED) is 0.411. The Balaban J connectivity index is 2.78. The molecule has 0 spiro atoms. The van der Waals surface area contributed by atoms with Gasteiger partial charge in [0.2, 0.25) is 0 Å². The van der Waals surface area contributed by atoms with E-state index in [1.807, 2.05) is 33.9 Å². The summed E-state index contributed by atoms with van der Waals surface area (Å²) in [5, 5.41) is 9.89. The van der Waals surface area contributed by atoms with Crippen LogP contribution in [0.2, 0.25) is 18.1 Å². The van der Waals surface area contributed by atoms with Crippen molar-refractivity contribution in [3.63, 3.8) is 0 Å². The summed E-state index contributed by atoms with van der Waals surface area (Å²) in [6.45, 7) is 13.6. The molecule has 2 unspecified atom stereocenters. The second-order valence-electron chi connectivity index (χ2n) is 10.8. The molecule has 0 radical (unpaired) electrons. The maximum absolute atomic E-state index is 13.1. The lowest BCUT2D eigenvalue weighted by molar-refractivity contribution is -0.808. The van der Waals surface area contributed by atoms with Crippen molar-refractivity contribution >= 4 is 24.7 Å². The molecule has 1 saturated heterocycles. The third-order valence-electron chi connectivity index (χ3n) is 6.63. The maximum atomic E-state index is 13.1. The van der Waals surface area contributed by atoms with Crippen LogP contribution in [0.15, 0.2) is 24.3 Å². The number of amides is 1. The Hall–Kier alpha value is -1.47. The minimum atomic E-state index is -4.64. The van der Waals surface area contributed by atoms with E-state index < -0.39 is 64.6 Å². The van der Waals surface area contributed by atoms with Gasteiger partial charge in [0.15, 0.2) is 14.4 Å². The van der Waals surface area contributed by atoms with E-state index >= 15 is 0 Å². The first-order valence-electron chi connectivity index (χ1n) is 10.5. The highest BCUT2D eigenvalue weighted by atomic mass is 32.2. The van der Waals surface area contributed by atoms with Gasteiger partial charge in [-0.1, -0.05) is 36.8 Å². The van der Waals surface area contributed by atoms with Crippen LogP contribution in [0.4, 0.5) is 18.0 Å². The van der Waals surface area contributed by atoms with E-state index in [0.717, 1.165) is 12.1 Å². The largest absolute Gasteiger partial charge is 0.532 e. The first-order chi connectivity index (χ1) is 14.6. The number of hydrogen-bond donors (Lipinski definition) is 1. The standard InChI is InChI=1S/C21H32F3NO6SSi/c1-19(2,3)25(18(26)27)16(13-30-32(25,28)29)17(31-33(7,8)20(4,5)6)14-9-11-15(12-10-14)21(22,23)24/h9-12,16-17H,13H2,1-8H3/p+1/t16-,17?,25?/m1/s1. The number of quaternary nitrogens is 1. The van der Waals surface area contributed by atoms with Crippen LogP contribution in [0, 0.1) is 0 Å². The fourth-order valence-electron chi connectivity index (χ4n) is 3.87. The lowest BCUT2D eigenvalue weighted by Gasteiger charge is -2.45. The summed E-state index contributed by atoms with van der Waals surface area (Å²) in [6, 6.07) is 2.94. The summed E-state index contributed by atoms with van der Waals surface area (Å²) in [5.74, 6) is 0. The highest BCUT2D eigenvalue weighted by molar-refractivity contribution is 7.81. The molecule has 0 bridgehead atoms. The molecular weight excluding hydrogens is 479 g/mol. The first-order valence-corrected chi connectivity index (χ1v) is 14.7. The Kier molecular flexibility index (Phi) is 7.01. The van der Waals surface area contributed by atoms with Crippen LogP contribution in [-0.4, -0.2) is 50.0 Å². The van der Waals surface area contributed by atoms with Gasteiger partial charge in [-0.25, -0.2) is 4.18 Å². The molecule has 7 nitrogen and oxygen atoms in total. The highest BCUT2D eigenvalue weighted by Crippen LogP contribution is 2.48. The predicted molar refractivity (Wildman–Crippen MR) is 119 cm³/mol. The lowest BCUT2D eigenvalue weighted by Crippen LogP contribution is -2.69. The number of rotatable bonds is 4. The number of halogens is 3. The average molecular weight is 513 g/mol. The number of carbonyl (C=O) groups is 1. The van der Waals surface area contributed by atoms with Crippen molar-refractivity contribution < 1.29 is 44.0 Å². The Labute approximate surface area is 194 Å². The van der Waals surface area contributed by atoms with E-state index in [4.69, 9.17) is 8.61 Å². The zero-order chi connectivity index (χ0) is 25.8. The van der Waals surface area contributed by atoms with Crippen LogP contribution < -0.4 is 0 Å². The highest BCUT2D eigenvalue weighted by Gasteiger charge is 2.71. The number of hydrogen-bond acceptors (Lipinski definition) is 5. The average Bonchev–Trinajstić information content (AvgIpc) is 2.89. The summed E-state index contributed by atoms with van der Waals surface area (Å²) >= 11 is 0. The molecule has 0 aliphatic carbocycles. The fraction of sp³-hybridized carbons (Fsp3) is 0.667. The van der Waals surface area contributed by atoms with Crippen molar-refractivity contribution in [3.8, 4) is 0 Å². The molecule has 1 amide bonds. The first kappa shape index (κ1) is 27.8. The van der Waals surface area contributed by atoms with Crippen molar-refractivity contribution in [2.45, 2.75) is 83.5 Å². The van der Waals surface area contributed by atoms with Gasteiger partial charge in [0, 0.05) is 0 Å². The smallest absolute Gasteiger partial charge is 0.434 e. The van der Waals surface area contributed by atoms with Gasteiger partial charge < -0.3 is 9.53 Å². The van der Waals surface area contributed by atoms with E-state index in [1.165, 1.54) is 32.9 Å². The Bertz CT molecular complexity index is 997. The topological polar surface area (TPSA) is 89.9 Å². The molecule has 1 N–H and O–H groups in total. The van der Waals surface area contributed by atoms with E-state index in [0.29, 0.717) is 0 Å². The van der Waals surface area contributed by atoms with Gasteiger partial charge in [-0.15, -0.1) is 8.42 Å². The van der Waals surface area contributed by atoms with E-state index in [2.05, 4.69) is 0 Å². The molecule has 1 aromatic rings. The van der Waals surface area contributed by atoms with Crippen molar-refractivity contribution in [3.05, 3.63) is 35.4 Å². The SMILES string of the molecule is CC(C)(C)[N+]1(C(=O)O)[C@@H](C(O[Si](C)(C)C(C)(C)C)c2ccc(C(F)(F)F)cc2)COS1(=O)=O. The molecule has 1 aliphatic heterocycles. The van der Waals surface area contributed by atoms with Crippen LogP contribution in [0.25, 0.3) is 0 Å². The zero-order valence-corrected chi connectivity index (χ0v) is 22.0. The molecule has 1 aliphatic rings. The lowest BCUT2D eigenvalue weighted by atomic mass is 9.95. The van der Waals surface area contributed by atoms with Gasteiger partial charge in [-0.3, -0.25) is 0 Å². The molecule has 0 saturated carbocycles. The second-order valence-corrected chi connectivity index (χ2v) is 17.2. The number of carboxylic acid groups (broad SMARTS) is 1. The molecule has 33 heavy (non-hydrogen) atoms. The molecular formula is C21H33F3NO6SSi+. The van der Waals surface area contributed by atoms with Crippen LogP contribution in [-0.2, 0) is 25.1 Å². The molecule has 188 valence electrons. The zero-order valence-electron chi connectivity index (χ0n) is 20.1. The third-order valence-corrected chi connectivity index (χ3v) is 13.2. The predicted octanol–water partition coefficient (Wildman–Crippen LogP) is 5.71. The van der Waals surface area contributed by atoms with Crippen molar-refractivity contribution in [1.82, 2.24) is 0 Å². The minimum Gasteiger partial charge on any atom is -0.434 e. The van der Waals surface area contributed by atoms with Gasteiger partial charge in [0.1, 0.15) is 18.2 Å². The van der Waals surface area contributed by atoms with E-state index in [-0.39, 0.29) is 10.6 Å². The molecule has 1 heterocycles. The van der Waals surface area contributed by atoms with Crippen LogP contribution >= 0.6 is 0 Å². The summed E-state index contributed by atoms with van der Waals surface area (Å²) in [4.78, 5) is 12.6. The summed E-state index contributed by atoms with van der Waals surface area (Å²) < 4.78 is 75.6. The van der Waals surface area contributed by atoms with Crippen molar-refractivity contribution in [1.29, 1.82) is 0 Å². The van der Waals surface area contributed by atoms with Gasteiger partial charge in [-0.2, -0.15) is 18.0 Å². The number of alkyl halides is 3. The van der Waals surface area contributed by atoms with Gasteiger partial charge in [0.25, 0.3) is 0 Å². The van der Waals surface area contributed by atoms with E-state index in [1.54, 1.807) is 0 Å². The van der Waals surface area contributed by atoms with E-state index in [9.17, 15) is 31.5 Å². The minimum absolute atomic E-state index is 0.256. The normalized spacial score (nSPS) is 25.1. The summed E-state index contributed by atoms with van der Waals surface area (Å²) in [7, 11) is -7.28. The molecule has 1 aromatic carbocycles. The van der Waals surface area contributed by atoms with Gasteiger partial charge >= 0.3 is 22.6 Å². The number of benzene rings is 1. The Morgan fingerprint density at radius 1 is 1.12 bits per heavy atom. The summed E-state index contributed by atoms with van der Waals surface area (Å²) in [6.07, 6.45) is -7.33. The molecule has 0 aromatic heterocycles. The van der Waals surface area contributed by atoms with Crippen LogP contribution in [0.5, 0.6) is 0 Å². The second kappa shape index (κ2) is 8.33. The monoisotopic (exact) mass is 512 g/mol. The number of nitrogens with zero attached hydrogens (tertiary/aromatic N) is 1. The molecule has 2 rings (SSSR count). The third kappa shape index (κ3) is 4.72. The van der Waals surface area contributed by atoms with Crippen molar-refractivity contribution in [2.75, 3.05) is 6.61 Å². The maximum Gasteiger partial charge on any atom is 0.532 e. The van der Waals surface area contributed by atoms with Gasteiger partial charge in [-0.05, 0) is 56.6 Å². The molecule has 12 heteroatoms. The Morgan fingerprint density at radius 2 is 1.61 bits per heavy atom. The fourth-order valence-corrected chi connectivity index (χ4v) is 6.99. The molecule has 1 fully saturated rings. The molecule has 3 atom stereocenters. The van der Waals surface area contributed by atoms with Gasteiger partial charge in [0.05, 0.1) is 5.56 Å². The van der Waals surface area contributed by atoms with Crippen LogP contribution in [0.1, 0.15) is 58.8 Å². The Morgan fingerprint density at radius 3 is 1.97 bits per heavy atom. The van der Waals surface area contributed by atoms with Crippen LogP contribution in [0.3, 0.4) is 0 Å². The van der Waals surface area contributed by atoms with Crippen molar-refractivity contribution in [2.24, 2.45) is 0 Å². The summed E-state index contributed by atoms with van der Waals surface area (Å²) in [5.41, 5.74) is -1.98.